The molecule has 0 fully saturated rings. The Morgan fingerprint density at radius 1 is 1.15 bits per heavy atom. The summed E-state index contributed by atoms with van der Waals surface area (Å²) in [5.74, 6) is 0.660. The molecule has 0 aliphatic carbocycles. The number of aryl methyl sites for hydroxylation is 2. The molecule has 0 aromatic heterocycles. The highest BCUT2D eigenvalue weighted by atomic mass is 127. The smallest absolute Gasteiger partial charge is 0.255 e. The van der Waals surface area contributed by atoms with Crippen molar-refractivity contribution in [1.29, 1.82) is 0 Å². The minimum atomic E-state index is -0.112. The molecule has 20 heavy (non-hydrogen) atoms. The number of ether oxygens (including phenoxy) is 1. The van der Waals surface area contributed by atoms with Gasteiger partial charge >= 0.3 is 0 Å². The first-order valence-electron chi connectivity index (χ1n) is 6.23. The molecule has 2 rings (SSSR count). The van der Waals surface area contributed by atoms with E-state index in [9.17, 15) is 4.79 Å². The van der Waals surface area contributed by atoms with E-state index in [1.807, 2.05) is 38.1 Å². The van der Waals surface area contributed by atoms with E-state index in [0.717, 1.165) is 26.1 Å². The van der Waals surface area contributed by atoms with Gasteiger partial charge in [-0.15, -0.1) is 0 Å². The van der Waals surface area contributed by atoms with Crippen LogP contribution in [0.2, 0.25) is 0 Å². The van der Waals surface area contributed by atoms with Crippen LogP contribution in [0.1, 0.15) is 21.5 Å². The number of anilines is 1. The molecule has 2 aromatic rings. The molecule has 0 saturated heterocycles. The minimum absolute atomic E-state index is 0.112. The van der Waals surface area contributed by atoms with Crippen LogP contribution in [-0.4, -0.2) is 13.0 Å². The van der Waals surface area contributed by atoms with Gasteiger partial charge in [0.25, 0.3) is 5.91 Å². The van der Waals surface area contributed by atoms with Crippen LogP contribution >= 0.6 is 22.6 Å². The Morgan fingerprint density at radius 2 is 1.90 bits per heavy atom. The van der Waals surface area contributed by atoms with Crippen molar-refractivity contribution in [3.8, 4) is 5.75 Å². The van der Waals surface area contributed by atoms with Crippen LogP contribution in [0.5, 0.6) is 5.75 Å². The molecule has 2 aromatic carbocycles. The van der Waals surface area contributed by atoms with Crippen LogP contribution < -0.4 is 10.1 Å². The Labute approximate surface area is 132 Å². The molecule has 0 aliphatic rings. The first kappa shape index (κ1) is 14.8. The Balaban J connectivity index is 2.24. The monoisotopic (exact) mass is 381 g/mol. The number of benzene rings is 2. The molecule has 4 heteroatoms. The summed E-state index contributed by atoms with van der Waals surface area (Å²) in [5, 5.41) is 2.95. The fraction of sp³-hybridized carbons (Fsp3) is 0.188. The zero-order chi connectivity index (χ0) is 14.7. The molecule has 0 spiro atoms. The topological polar surface area (TPSA) is 38.3 Å². The second-order valence-electron chi connectivity index (χ2n) is 4.62. The van der Waals surface area contributed by atoms with Crippen molar-refractivity contribution < 1.29 is 9.53 Å². The van der Waals surface area contributed by atoms with Gasteiger partial charge in [0.1, 0.15) is 5.75 Å². The maximum absolute atomic E-state index is 12.3. The number of rotatable bonds is 3. The molecule has 0 atom stereocenters. The minimum Gasteiger partial charge on any atom is -0.496 e. The van der Waals surface area contributed by atoms with Gasteiger partial charge in [-0.05, 0) is 71.8 Å². The number of hydrogen-bond donors (Lipinski definition) is 1. The summed E-state index contributed by atoms with van der Waals surface area (Å²) in [7, 11) is 1.62. The second-order valence-corrected chi connectivity index (χ2v) is 5.78. The number of halogens is 1. The lowest BCUT2D eigenvalue weighted by atomic mass is 10.1. The molecule has 0 aliphatic heterocycles. The second kappa shape index (κ2) is 6.26. The average Bonchev–Trinajstić information content (AvgIpc) is 2.42. The van der Waals surface area contributed by atoms with Crippen molar-refractivity contribution in [2.45, 2.75) is 13.8 Å². The summed E-state index contributed by atoms with van der Waals surface area (Å²) in [6.45, 7) is 3.98. The van der Waals surface area contributed by atoms with Crippen LogP contribution in [-0.2, 0) is 0 Å². The van der Waals surface area contributed by atoms with Gasteiger partial charge in [-0.2, -0.15) is 0 Å². The van der Waals surface area contributed by atoms with Gasteiger partial charge < -0.3 is 10.1 Å². The molecule has 0 bridgehead atoms. The Kier molecular flexibility index (Phi) is 4.65. The van der Waals surface area contributed by atoms with Crippen molar-refractivity contribution in [2.75, 3.05) is 12.4 Å². The molecule has 0 unspecified atom stereocenters. The van der Waals surface area contributed by atoms with E-state index in [-0.39, 0.29) is 5.91 Å². The lowest BCUT2D eigenvalue weighted by Gasteiger charge is -2.10. The Bertz CT molecular complexity index is 653. The Morgan fingerprint density at radius 3 is 2.55 bits per heavy atom. The summed E-state index contributed by atoms with van der Waals surface area (Å²) >= 11 is 2.16. The predicted octanol–water partition coefficient (Wildman–Crippen LogP) is 4.17. The van der Waals surface area contributed by atoms with Gasteiger partial charge in [0, 0.05) is 11.3 Å². The highest BCUT2D eigenvalue weighted by Crippen LogP contribution is 2.23. The first-order valence-corrected chi connectivity index (χ1v) is 7.31. The fourth-order valence-electron chi connectivity index (χ4n) is 1.87. The summed E-state index contributed by atoms with van der Waals surface area (Å²) in [4.78, 5) is 12.3. The van der Waals surface area contributed by atoms with Gasteiger partial charge in [0.2, 0.25) is 0 Å². The maximum Gasteiger partial charge on any atom is 0.255 e. The molecule has 1 N–H and O–H groups in total. The van der Waals surface area contributed by atoms with Crippen LogP contribution in [0.4, 0.5) is 5.69 Å². The average molecular weight is 381 g/mol. The third-order valence-corrected chi connectivity index (χ3v) is 3.90. The highest BCUT2D eigenvalue weighted by Gasteiger charge is 2.10. The van der Waals surface area contributed by atoms with Gasteiger partial charge in [-0.25, -0.2) is 0 Å². The van der Waals surface area contributed by atoms with Crippen LogP contribution in [0.15, 0.2) is 36.4 Å². The highest BCUT2D eigenvalue weighted by molar-refractivity contribution is 14.1. The predicted molar refractivity (Wildman–Crippen MR) is 89.6 cm³/mol. The van der Waals surface area contributed by atoms with Gasteiger partial charge in [-0.1, -0.05) is 12.1 Å². The van der Waals surface area contributed by atoms with E-state index in [0.29, 0.717) is 5.56 Å². The van der Waals surface area contributed by atoms with Gasteiger partial charge in [-0.3, -0.25) is 4.79 Å². The summed E-state index contributed by atoms with van der Waals surface area (Å²) in [5.41, 5.74) is 3.64. The van der Waals surface area contributed by atoms with E-state index < -0.39 is 0 Å². The number of carbonyl (C=O) groups is 1. The van der Waals surface area contributed by atoms with Crippen LogP contribution in [0.25, 0.3) is 0 Å². The van der Waals surface area contributed by atoms with E-state index >= 15 is 0 Å². The fourth-order valence-corrected chi connectivity index (χ4v) is 2.61. The number of nitrogens with one attached hydrogen (secondary N) is 1. The number of hydrogen-bond acceptors (Lipinski definition) is 2. The zero-order valence-corrected chi connectivity index (χ0v) is 13.8. The SMILES string of the molecule is COc1ccc(C(=O)Nc2cc(C)ccc2C)cc1I. The molecule has 1 amide bonds. The van der Waals surface area contributed by atoms with Crippen LogP contribution in [0.3, 0.4) is 0 Å². The number of methoxy groups -OCH3 is 1. The lowest BCUT2D eigenvalue weighted by Crippen LogP contribution is -2.13. The van der Waals surface area contributed by atoms with Crippen molar-refractivity contribution in [1.82, 2.24) is 0 Å². The largest absolute Gasteiger partial charge is 0.496 e. The quantitative estimate of drug-likeness (QED) is 0.811. The van der Waals surface area contributed by atoms with E-state index in [1.54, 1.807) is 19.2 Å². The number of carbonyl (C=O) groups excluding carboxylic acids is 1. The molecule has 0 heterocycles. The zero-order valence-electron chi connectivity index (χ0n) is 11.7. The van der Waals surface area contributed by atoms with E-state index in [4.69, 9.17) is 4.74 Å². The molecule has 0 radical (unpaired) electrons. The normalized spacial score (nSPS) is 10.2. The van der Waals surface area contributed by atoms with Crippen molar-refractivity contribution >= 4 is 34.2 Å². The van der Waals surface area contributed by atoms with Crippen molar-refractivity contribution in [3.05, 3.63) is 56.7 Å². The first-order chi connectivity index (χ1) is 9.51. The molecule has 0 saturated carbocycles. The molecular weight excluding hydrogens is 365 g/mol. The van der Waals surface area contributed by atoms with Crippen LogP contribution in [0, 0.1) is 17.4 Å². The molecular formula is C16H16INO2. The summed E-state index contributed by atoms with van der Waals surface area (Å²) in [6.07, 6.45) is 0. The van der Waals surface area contributed by atoms with Crippen molar-refractivity contribution in [2.24, 2.45) is 0 Å². The third-order valence-electron chi connectivity index (χ3n) is 3.06. The van der Waals surface area contributed by atoms with E-state index in [2.05, 4.69) is 27.9 Å². The summed E-state index contributed by atoms with van der Waals surface area (Å²) < 4.78 is 6.11. The Hall–Kier alpha value is -1.56. The van der Waals surface area contributed by atoms with Gasteiger partial charge in [0.15, 0.2) is 0 Å². The van der Waals surface area contributed by atoms with E-state index in [1.165, 1.54) is 0 Å². The standard InChI is InChI=1S/C16H16INO2/c1-10-4-5-11(2)14(8-10)18-16(19)12-6-7-15(20-3)13(17)9-12/h4-9H,1-3H3,(H,18,19). The summed E-state index contributed by atoms with van der Waals surface area (Å²) in [6, 6.07) is 11.4. The molecule has 3 nitrogen and oxygen atoms in total. The van der Waals surface area contributed by atoms with Crippen molar-refractivity contribution in [3.63, 3.8) is 0 Å². The maximum atomic E-state index is 12.3. The number of amides is 1. The molecule has 104 valence electrons. The lowest BCUT2D eigenvalue weighted by molar-refractivity contribution is 0.102. The van der Waals surface area contributed by atoms with Gasteiger partial charge in [0.05, 0.1) is 10.7 Å². The third kappa shape index (κ3) is 3.30.